The van der Waals surface area contributed by atoms with Gasteiger partial charge in [-0.2, -0.15) is 0 Å². The quantitative estimate of drug-likeness (QED) is 0.527. The molecule has 0 aromatic carbocycles. The first-order valence-electron chi connectivity index (χ1n) is 1.95. The van der Waals surface area contributed by atoms with Gasteiger partial charge in [0.25, 0.3) is 0 Å². The third kappa shape index (κ3) is 0.726. The van der Waals surface area contributed by atoms with Gasteiger partial charge in [-0.05, 0) is 0 Å². The molecule has 0 unspecified atom stereocenters. The fourth-order valence-corrected chi connectivity index (χ4v) is 0.316. The first kappa shape index (κ1) is 4.96. The number of rotatable bonds is 1. The van der Waals surface area contributed by atoms with Gasteiger partial charge >= 0.3 is 11.8 Å². The minimum Gasteiger partial charge on any atom is -0.466 e. The summed E-state index contributed by atoms with van der Waals surface area (Å²) in [6.45, 7) is 0. The highest BCUT2D eigenvalue weighted by molar-refractivity contribution is 4.90. The van der Waals surface area contributed by atoms with E-state index in [4.69, 9.17) is 0 Å². The number of methoxy groups -OCH3 is 1. The molecule has 0 fully saturated rings. The molecule has 0 aliphatic rings. The van der Waals surface area contributed by atoms with E-state index in [0.717, 1.165) is 6.26 Å². The molecule has 0 aliphatic carbocycles. The van der Waals surface area contributed by atoms with Crippen LogP contribution in [0.25, 0.3) is 0 Å². The molecule has 4 nitrogen and oxygen atoms in total. The van der Waals surface area contributed by atoms with Gasteiger partial charge in [0.1, 0.15) is 0 Å². The van der Waals surface area contributed by atoms with Gasteiger partial charge in [-0.1, -0.05) is 0 Å². The predicted octanol–water partition coefficient (Wildman–Crippen LogP) is 0.241. The van der Waals surface area contributed by atoms with E-state index in [-0.39, 0.29) is 5.95 Å². The first-order valence-corrected chi connectivity index (χ1v) is 1.95. The van der Waals surface area contributed by atoms with Crippen LogP contribution in [0.15, 0.2) is 19.9 Å². The molecule has 0 amide bonds. The molecule has 1 heterocycles. The average molecular weight is 116 g/mol. The molecule has 0 spiro atoms. The Morgan fingerprint density at radius 1 is 1.75 bits per heavy atom. The molecule has 1 rings (SSSR count). The van der Waals surface area contributed by atoms with Gasteiger partial charge in [-0.15, -0.1) is 0 Å². The summed E-state index contributed by atoms with van der Waals surface area (Å²) in [5.74, 6) is -0.656. The van der Waals surface area contributed by atoms with Crippen molar-refractivity contribution in [3.63, 3.8) is 0 Å². The Bertz CT molecular complexity index is 208. The Kier molecular flexibility index (Phi) is 1.07. The molecule has 1 aromatic heterocycles. The lowest BCUT2D eigenvalue weighted by molar-refractivity contribution is 0.284. The van der Waals surface area contributed by atoms with Crippen molar-refractivity contribution >= 4 is 0 Å². The summed E-state index contributed by atoms with van der Waals surface area (Å²) in [6.07, 6.45) is 1.10. The van der Waals surface area contributed by atoms with E-state index >= 15 is 0 Å². The van der Waals surface area contributed by atoms with Gasteiger partial charge in [0.15, 0.2) is 6.26 Å². The molecule has 0 saturated heterocycles. The van der Waals surface area contributed by atoms with Crippen LogP contribution in [-0.2, 0) is 0 Å². The zero-order chi connectivity index (χ0) is 5.98. The minimum absolute atomic E-state index is 0.0926. The Morgan fingerprint density at radius 3 is 2.75 bits per heavy atom. The fraction of sp³-hybridized carbons (Fsp3) is 0.250. The van der Waals surface area contributed by atoms with E-state index in [9.17, 15) is 4.79 Å². The zero-order valence-corrected chi connectivity index (χ0v) is 4.21. The summed E-state index contributed by atoms with van der Waals surface area (Å²) < 4.78 is 13.0. The van der Waals surface area contributed by atoms with Crippen molar-refractivity contribution in [2.24, 2.45) is 0 Å². The van der Waals surface area contributed by atoms with Crippen molar-refractivity contribution in [1.29, 1.82) is 0 Å². The normalized spacial score (nSPS) is 9.12. The second-order valence-corrected chi connectivity index (χ2v) is 1.11. The SMILES string of the molecule is COc1coc(=O)o1. The predicted molar refractivity (Wildman–Crippen MR) is 23.8 cm³/mol. The molecule has 4 heteroatoms. The number of ether oxygens (including phenoxy) is 1. The molecule has 0 atom stereocenters. The third-order valence-electron chi connectivity index (χ3n) is 0.636. The van der Waals surface area contributed by atoms with Crippen LogP contribution in [0.5, 0.6) is 5.95 Å². The van der Waals surface area contributed by atoms with E-state index in [2.05, 4.69) is 13.6 Å². The van der Waals surface area contributed by atoms with E-state index in [0.29, 0.717) is 0 Å². The largest absolute Gasteiger partial charge is 0.521 e. The van der Waals surface area contributed by atoms with Gasteiger partial charge in [0.2, 0.25) is 0 Å². The lowest BCUT2D eigenvalue weighted by Crippen LogP contribution is -1.85. The maximum absolute atomic E-state index is 10.0. The Labute approximate surface area is 44.7 Å². The van der Waals surface area contributed by atoms with Crippen molar-refractivity contribution in [2.75, 3.05) is 7.11 Å². The maximum Gasteiger partial charge on any atom is 0.521 e. The highest BCUT2D eigenvalue weighted by Gasteiger charge is 1.95. The highest BCUT2D eigenvalue weighted by atomic mass is 16.6. The Morgan fingerprint density at radius 2 is 2.50 bits per heavy atom. The van der Waals surface area contributed by atoms with Crippen LogP contribution in [-0.4, -0.2) is 7.11 Å². The van der Waals surface area contributed by atoms with Gasteiger partial charge in [0, 0.05) is 0 Å². The second-order valence-electron chi connectivity index (χ2n) is 1.11. The summed E-state index contributed by atoms with van der Waals surface area (Å²) in [4.78, 5) is 10.0. The molecule has 0 bridgehead atoms. The van der Waals surface area contributed by atoms with E-state index in [1.54, 1.807) is 0 Å². The summed E-state index contributed by atoms with van der Waals surface area (Å²) >= 11 is 0. The molecule has 0 aliphatic heterocycles. The van der Waals surface area contributed by atoms with Crippen LogP contribution in [0, 0.1) is 0 Å². The third-order valence-corrected chi connectivity index (χ3v) is 0.636. The topological polar surface area (TPSA) is 52.6 Å². The summed E-state index contributed by atoms with van der Waals surface area (Å²) in [7, 11) is 1.38. The zero-order valence-electron chi connectivity index (χ0n) is 4.21. The van der Waals surface area contributed by atoms with Crippen molar-refractivity contribution in [1.82, 2.24) is 0 Å². The van der Waals surface area contributed by atoms with Crippen LogP contribution in [0.2, 0.25) is 0 Å². The molecule has 0 N–H and O–H groups in total. The molecule has 1 aromatic rings. The minimum atomic E-state index is -0.748. The smallest absolute Gasteiger partial charge is 0.466 e. The highest BCUT2D eigenvalue weighted by Crippen LogP contribution is 2.02. The molecule has 44 valence electrons. The number of hydrogen-bond acceptors (Lipinski definition) is 4. The molecule has 8 heavy (non-hydrogen) atoms. The fourth-order valence-electron chi connectivity index (χ4n) is 0.316. The van der Waals surface area contributed by atoms with E-state index in [1.807, 2.05) is 0 Å². The average Bonchev–Trinajstić information content (AvgIpc) is 2.14. The lowest BCUT2D eigenvalue weighted by atomic mass is 10.9. The van der Waals surface area contributed by atoms with Crippen LogP contribution < -0.4 is 10.6 Å². The van der Waals surface area contributed by atoms with Crippen LogP contribution in [0.4, 0.5) is 0 Å². The number of hydrogen-bond donors (Lipinski definition) is 0. The maximum atomic E-state index is 10.0. The van der Waals surface area contributed by atoms with Crippen molar-refractivity contribution < 1.29 is 13.6 Å². The summed E-state index contributed by atoms with van der Waals surface area (Å²) in [6, 6.07) is 0. The second kappa shape index (κ2) is 1.73. The Hall–Kier alpha value is -1.19. The van der Waals surface area contributed by atoms with E-state index in [1.165, 1.54) is 7.11 Å². The van der Waals surface area contributed by atoms with Crippen LogP contribution >= 0.6 is 0 Å². The molecule has 0 saturated carbocycles. The van der Waals surface area contributed by atoms with Gasteiger partial charge < -0.3 is 13.6 Å². The standard InChI is InChI=1S/C4H4O4/c1-6-3-2-7-4(5)8-3/h2H,1H3. The monoisotopic (exact) mass is 116 g/mol. The Balaban J connectivity index is 3.01. The van der Waals surface area contributed by atoms with Crippen molar-refractivity contribution in [2.45, 2.75) is 0 Å². The first-order chi connectivity index (χ1) is 3.83. The molecule has 0 radical (unpaired) electrons. The van der Waals surface area contributed by atoms with Crippen LogP contribution in [0.3, 0.4) is 0 Å². The van der Waals surface area contributed by atoms with Gasteiger partial charge in [0.05, 0.1) is 7.11 Å². The van der Waals surface area contributed by atoms with Crippen molar-refractivity contribution in [3.8, 4) is 5.95 Å². The van der Waals surface area contributed by atoms with Gasteiger partial charge in [-0.25, -0.2) is 4.79 Å². The summed E-state index contributed by atoms with van der Waals surface area (Å²) in [5, 5.41) is 0. The van der Waals surface area contributed by atoms with Crippen LogP contribution in [0.1, 0.15) is 0 Å². The lowest BCUT2D eigenvalue weighted by Gasteiger charge is -1.82. The van der Waals surface area contributed by atoms with Gasteiger partial charge in [-0.3, -0.25) is 0 Å². The van der Waals surface area contributed by atoms with E-state index < -0.39 is 5.82 Å². The molecular formula is C4H4O4. The van der Waals surface area contributed by atoms with Crippen molar-refractivity contribution in [3.05, 3.63) is 16.9 Å². The molecular weight excluding hydrogens is 112 g/mol. The summed E-state index contributed by atoms with van der Waals surface area (Å²) in [5.41, 5.74) is 0.